The molecule has 0 radical (unpaired) electrons. The summed E-state index contributed by atoms with van der Waals surface area (Å²) in [5.74, 6) is -0.873. The second kappa shape index (κ2) is 3.37. The van der Waals surface area contributed by atoms with Gasteiger partial charge in [-0.25, -0.2) is 4.79 Å². The van der Waals surface area contributed by atoms with Crippen molar-refractivity contribution in [2.45, 2.75) is 26.2 Å². The van der Waals surface area contributed by atoms with E-state index < -0.39 is 5.97 Å². The molecule has 0 bridgehead atoms. The number of fused-ring (bicyclic) bond motifs is 1. The van der Waals surface area contributed by atoms with Crippen LogP contribution in [0, 0.1) is 0 Å². The van der Waals surface area contributed by atoms with Crippen LogP contribution in [0.4, 0.5) is 0 Å². The molecular weight excluding hydrogens is 202 g/mol. The Labute approximate surface area is 94.1 Å². The summed E-state index contributed by atoms with van der Waals surface area (Å²) in [6.45, 7) is 6.01. The van der Waals surface area contributed by atoms with Gasteiger partial charge in [0.2, 0.25) is 0 Å². The van der Waals surface area contributed by atoms with E-state index in [-0.39, 0.29) is 5.41 Å². The van der Waals surface area contributed by atoms with Gasteiger partial charge in [-0.15, -0.1) is 0 Å². The quantitative estimate of drug-likeness (QED) is 0.770. The molecule has 2 aromatic rings. The summed E-state index contributed by atoms with van der Waals surface area (Å²) in [5, 5.41) is 10.1. The predicted octanol–water partition coefficient (Wildman–Crippen LogP) is 3.16. The normalized spacial score (nSPS) is 11.9. The Morgan fingerprint density at radius 3 is 2.44 bits per heavy atom. The third kappa shape index (κ3) is 1.58. The number of para-hydroxylation sites is 1. The van der Waals surface area contributed by atoms with Crippen LogP contribution in [-0.2, 0) is 5.41 Å². The van der Waals surface area contributed by atoms with Gasteiger partial charge in [-0.3, -0.25) is 0 Å². The van der Waals surface area contributed by atoms with E-state index in [2.05, 4.69) is 4.98 Å². The Bertz CT molecular complexity index is 547. The number of hydrogen-bond donors (Lipinski definition) is 2. The molecule has 1 heterocycles. The lowest BCUT2D eigenvalue weighted by Crippen LogP contribution is -2.16. The molecule has 0 unspecified atom stereocenters. The molecule has 0 spiro atoms. The number of aromatic nitrogens is 1. The van der Waals surface area contributed by atoms with Crippen LogP contribution in [0.5, 0.6) is 0 Å². The van der Waals surface area contributed by atoms with Gasteiger partial charge in [0.15, 0.2) is 0 Å². The Hall–Kier alpha value is -1.77. The first-order valence-electron chi connectivity index (χ1n) is 5.26. The summed E-state index contributed by atoms with van der Waals surface area (Å²) < 4.78 is 0. The number of hydrogen-bond acceptors (Lipinski definition) is 1. The molecule has 2 N–H and O–H groups in total. The van der Waals surface area contributed by atoms with Gasteiger partial charge < -0.3 is 10.1 Å². The second-order valence-corrected chi connectivity index (χ2v) is 4.98. The monoisotopic (exact) mass is 217 g/mol. The summed E-state index contributed by atoms with van der Waals surface area (Å²) in [6, 6.07) is 7.49. The Morgan fingerprint density at radius 1 is 1.25 bits per heavy atom. The average Bonchev–Trinajstić information content (AvgIpc) is 2.55. The van der Waals surface area contributed by atoms with Crippen molar-refractivity contribution >= 4 is 16.9 Å². The van der Waals surface area contributed by atoms with Crippen molar-refractivity contribution < 1.29 is 9.90 Å². The molecule has 0 atom stereocenters. The SMILES string of the molecule is CC(C)(C)c1[nH]c2ccccc2c1C(=O)O. The standard InChI is InChI=1S/C13H15NO2/c1-13(2,3)11-10(12(15)16)8-6-4-5-7-9(8)14-11/h4-7,14H,1-3H3,(H,15,16). The van der Waals surface area contributed by atoms with E-state index in [1.54, 1.807) is 0 Å². The minimum Gasteiger partial charge on any atom is -0.478 e. The van der Waals surface area contributed by atoms with Gasteiger partial charge >= 0.3 is 5.97 Å². The van der Waals surface area contributed by atoms with Crippen molar-refractivity contribution in [1.29, 1.82) is 0 Å². The molecular formula is C13H15NO2. The lowest BCUT2D eigenvalue weighted by Gasteiger charge is -2.17. The van der Waals surface area contributed by atoms with Crippen molar-refractivity contribution in [2.75, 3.05) is 0 Å². The van der Waals surface area contributed by atoms with E-state index in [1.165, 1.54) is 0 Å². The van der Waals surface area contributed by atoms with Crippen LogP contribution in [-0.4, -0.2) is 16.1 Å². The van der Waals surface area contributed by atoms with Crippen molar-refractivity contribution in [3.8, 4) is 0 Å². The number of benzene rings is 1. The third-order valence-electron chi connectivity index (χ3n) is 2.67. The largest absolute Gasteiger partial charge is 0.478 e. The van der Waals surface area contributed by atoms with Gasteiger partial charge in [-0.1, -0.05) is 39.0 Å². The molecule has 0 aliphatic heterocycles. The lowest BCUT2D eigenvalue weighted by atomic mass is 9.89. The minimum atomic E-state index is -0.873. The van der Waals surface area contributed by atoms with Crippen LogP contribution in [0.25, 0.3) is 10.9 Å². The molecule has 3 heteroatoms. The average molecular weight is 217 g/mol. The zero-order chi connectivity index (χ0) is 11.9. The highest BCUT2D eigenvalue weighted by atomic mass is 16.4. The van der Waals surface area contributed by atoms with Gasteiger partial charge in [0, 0.05) is 22.0 Å². The molecule has 0 saturated carbocycles. The van der Waals surface area contributed by atoms with Crippen molar-refractivity contribution in [3.63, 3.8) is 0 Å². The van der Waals surface area contributed by atoms with Crippen LogP contribution in [0.15, 0.2) is 24.3 Å². The fraction of sp³-hybridized carbons (Fsp3) is 0.308. The summed E-state index contributed by atoms with van der Waals surface area (Å²) in [4.78, 5) is 14.5. The fourth-order valence-corrected chi connectivity index (χ4v) is 1.93. The summed E-state index contributed by atoms with van der Waals surface area (Å²) in [5.41, 5.74) is 1.85. The molecule has 0 aliphatic rings. The zero-order valence-electron chi connectivity index (χ0n) is 9.66. The van der Waals surface area contributed by atoms with Crippen molar-refractivity contribution in [1.82, 2.24) is 4.98 Å². The van der Waals surface area contributed by atoms with Crippen LogP contribution in [0.3, 0.4) is 0 Å². The first-order valence-corrected chi connectivity index (χ1v) is 5.26. The summed E-state index contributed by atoms with van der Waals surface area (Å²) >= 11 is 0. The van der Waals surface area contributed by atoms with E-state index >= 15 is 0 Å². The highest BCUT2D eigenvalue weighted by molar-refractivity contribution is 6.05. The van der Waals surface area contributed by atoms with E-state index in [4.69, 9.17) is 0 Å². The molecule has 0 saturated heterocycles. The molecule has 2 rings (SSSR count). The lowest BCUT2D eigenvalue weighted by molar-refractivity contribution is 0.0696. The van der Waals surface area contributed by atoms with Crippen LogP contribution in [0.1, 0.15) is 36.8 Å². The van der Waals surface area contributed by atoms with Crippen LogP contribution < -0.4 is 0 Å². The first-order chi connectivity index (χ1) is 7.41. The highest BCUT2D eigenvalue weighted by Gasteiger charge is 2.25. The van der Waals surface area contributed by atoms with Crippen molar-refractivity contribution in [3.05, 3.63) is 35.5 Å². The van der Waals surface area contributed by atoms with E-state index in [0.717, 1.165) is 16.6 Å². The number of H-pyrrole nitrogens is 1. The number of carboxylic acids is 1. The van der Waals surface area contributed by atoms with Crippen molar-refractivity contribution in [2.24, 2.45) is 0 Å². The van der Waals surface area contributed by atoms with Crippen LogP contribution >= 0.6 is 0 Å². The molecule has 0 fully saturated rings. The van der Waals surface area contributed by atoms with Gasteiger partial charge in [-0.05, 0) is 6.07 Å². The second-order valence-electron chi connectivity index (χ2n) is 4.98. The maximum atomic E-state index is 11.3. The molecule has 16 heavy (non-hydrogen) atoms. The Balaban J connectivity index is 2.84. The number of carboxylic acid groups (broad SMARTS) is 1. The van der Waals surface area contributed by atoms with Gasteiger partial charge in [0.1, 0.15) is 0 Å². The highest BCUT2D eigenvalue weighted by Crippen LogP contribution is 2.31. The third-order valence-corrected chi connectivity index (χ3v) is 2.67. The molecule has 84 valence electrons. The molecule has 0 amide bonds. The van der Waals surface area contributed by atoms with Gasteiger partial charge in [-0.2, -0.15) is 0 Å². The zero-order valence-corrected chi connectivity index (χ0v) is 9.66. The summed E-state index contributed by atoms with van der Waals surface area (Å²) in [7, 11) is 0. The van der Waals surface area contributed by atoms with Crippen LogP contribution in [0.2, 0.25) is 0 Å². The summed E-state index contributed by atoms with van der Waals surface area (Å²) in [6.07, 6.45) is 0. The number of nitrogens with one attached hydrogen (secondary N) is 1. The van der Waals surface area contributed by atoms with E-state index in [9.17, 15) is 9.90 Å². The number of aromatic carboxylic acids is 1. The number of carbonyl (C=O) groups is 1. The minimum absolute atomic E-state index is 0.202. The topological polar surface area (TPSA) is 53.1 Å². The Morgan fingerprint density at radius 2 is 1.88 bits per heavy atom. The van der Waals surface area contributed by atoms with E-state index in [1.807, 2.05) is 45.0 Å². The maximum absolute atomic E-state index is 11.3. The molecule has 0 aliphatic carbocycles. The fourth-order valence-electron chi connectivity index (χ4n) is 1.93. The molecule has 3 nitrogen and oxygen atoms in total. The maximum Gasteiger partial charge on any atom is 0.338 e. The van der Waals surface area contributed by atoms with Gasteiger partial charge in [0.05, 0.1) is 5.56 Å². The van der Waals surface area contributed by atoms with Gasteiger partial charge in [0.25, 0.3) is 0 Å². The molecule has 1 aromatic heterocycles. The molecule has 1 aromatic carbocycles. The number of rotatable bonds is 1. The predicted molar refractivity (Wildman–Crippen MR) is 64.0 cm³/mol. The Kier molecular flexibility index (Phi) is 2.26. The smallest absolute Gasteiger partial charge is 0.338 e. The first kappa shape index (κ1) is 10.7. The number of aromatic amines is 1. The van der Waals surface area contributed by atoms with E-state index in [0.29, 0.717) is 5.56 Å².